The van der Waals surface area contributed by atoms with Crippen molar-refractivity contribution in [3.8, 4) is 0 Å². The summed E-state index contributed by atoms with van der Waals surface area (Å²) in [6.07, 6.45) is 4.24. The molecule has 1 atom stereocenters. The minimum absolute atomic E-state index is 0.146. The maximum atomic E-state index is 10.8. The van der Waals surface area contributed by atoms with E-state index in [1.54, 1.807) is 13.8 Å². The number of carboxylic acid groups (broad SMARTS) is 2. The Balaban J connectivity index is 3.04. The van der Waals surface area contributed by atoms with Crippen molar-refractivity contribution < 1.29 is 19.8 Å². The van der Waals surface area contributed by atoms with Crippen LogP contribution in [0.4, 0.5) is 0 Å². The van der Waals surface area contributed by atoms with Crippen LogP contribution in [-0.2, 0) is 9.59 Å². The van der Waals surface area contributed by atoms with Crippen molar-refractivity contribution in [1.82, 2.24) is 0 Å². The van der Waals surface area contributed by atoms with E-state index in [4.69, 9.17) is 10.2 Å². The van der Waals surface area contributed by atoms with Gasteiger partial charge in [-0.3, -0.25) is 4.79 Å². The van der Waals surface area contributed by atoms with Crippen LogP contribution in [0.5, 0.6) is 0 Å². The lowest BCUT2D eigenvalue weighted by atomic mass is 9.74. The maximum Gasteiger partial charge on any atom is 0.335 e. The lowest BCUT2D eigenvalue weighted by molar-refractivity contribution is -0.143. The van der Waals surface area contributed by atoms with Gasteiger partial charge in [0.25, 0.3) is 0 Å². The maximum absolute atomic E-state index is 10.8. The standard InChI is InChI=1S/C10H12O4/c1-10(2)5-6(8(11)12)3-4-7(10)9(13)14/h3-5,7H,1-2H3,(H,11,12)(H,13,14). The first-order valence-corrected chi connectivity index (χ1v) is 4.22. The van der Waals surface area contributed by atoms with Gasteiger partial charge in [-0.1, -0.05) is 32.1 Å². The highest BCUT2D eigenvalue weighted by atomic mass is 16.4. The SMILES string of the molecule is CC1(C)C=C(C(=O)O)C=CC1C(=O)O. The van der Waals surface area contributed by atoms with Gasteiger partial charge in [0.05, 0.1) is 11.5 Å². The molecule has 1 rings (SSSR count). The van der Waals surface area contributed by atoms with E-state index in [9.17, 15) is 9.59 Å². The third kappa shape index (κ3) is 1.84. The van der Waals surface area contributed by atoms with Gasteiger partial charge >= 0.3 is 11.9 Å². The van der Waals surface area contributed by atoms with Gasteiger partial charge in [0.2, 0.25) is 0 Å². The smallest absolute Gasteiger partial charge is 0.335 e. The topological polar surface area (TPSA) is 74.6 Å². The van der Waals surface area contributed by atoms with Crippen molar-refractivity contribution in [3.63, 3.8) is 0 Å². The molecule has 14 heavy (non-hydrogen) atoms. The molecule has 0 aromatic carbocycles. The molecule has 4 heteroatoms. The summed E-state index contributed by atoms with van der Waals surface area (Å²) in [5.74, 6) is -2.63. The van der Waals surface area contributed by atoms with Crippen LogP contribution in [0.1, 0.15) is 13.8 Å². The van der Waals surface area contributed by atoms with Gasteiger partial charge in [0, 0.05) is 5.41 Å². The lowest BCUT2D eigenvalue weighted by Crippen LogP contribution is -2.30. The Hall–Kier alpha value is -1.58. The number of carboxylic acids is 2. The fraction of sp³-hybridized carbons (Fsp3) is 0.400. The molecule has 0 saturated carbocycles. The van der Waals surface area contributed by atoms with Gasteiger partial charge in [-0.2, -0.15) is 0 Å². The molecular weight excluding hydrogens is 184 g/mol. The first kappa shape index (κ1) is 10.5. The van der Waals surface area contributed by atoms with Crippen LogP contribution in [0.25, 0.3) is 0 Å². The molecule has 0 aromatic rings. The molecular formula is C10H12O4. The number of hydrogen-bond donors (Lipinski definition) is 2. The number of aliphatic carboxylic acids is 2. The summed E-state index contributed by atoms with van der Waals surface area (Å²) >= 11 is 0. The Kier molecular flexibility index (Phi) is 2.47. The molecule has 0 radical (unpaired) electrons. The average Bonchev–Trinajstić information content (AvgIpc) is 2.01. The highest BCUT2D eigenvalue weighted by molar-refractivity contribution is 5.91. The third-order valence-electron chi connectivity index (χ3n) is 2.31. The van der Waals surface area contributed by atoms with Gasteiger partial charge in [-0.05, 0) is 0 Å². The monoisotopic (exact) mass is 196 g/mol. The van der Waals surface area contributed by atoms with Gasteiger partial charge in [0.15, 0.2) is 0 Å². The molecule has 0 amide bonds. The van der Waals surface area contributed by atoms with Crippen LogP contribution in [0.3, 0.4) is 0 Å². The zero-order valence-corrected chi connectivity index (χ0v) is 8.02. The minimum atomic E-state index is -1.03. The molecule has 0 bridgehead atoms. The number of rotatable bonds is 2. The van der Waals surface area contributed by atoms with E-state index in [-0.39, 0.29) is 5.57 Å². The second-order valence-electron chi connectivity index (χ2n) is 3.90. The van der Waals surface area contributed by atoms with E-state index in [0.29, 0.717) is 0 Å². The fourth-order valence-corrected chi connectivity index (χ4v) is 1.52. The molecule has 4 nitrogen and oxygen atoms in total. The van der Waals surface area contributed by atoms with E-state index in [2.05, 4.69) is 0 Å². The zero-order valence-electron chi connectivity index (χ0n) is 8.02. The first-order chi connectivity index (χ1) is 6.34. The molecule has 0 fully saturated rings. The Morgan fingerprint density at radius 3 is 2.29 bits per heavy atom. The van der Waals surface area contributed by atoms with Gasteiger partial charge in [-0.15, -0.1) is 0 Å². The molecule has 1 aliphatic carbocycles. The summed E-state index contributed by atoms with van der Waals surface area (Å²) in [5.41, 5.74) is -0.513. The van der Waals surface area contributed by atoms with Crippen molar-refractivity contribution >= 4 is 11.9 Å². The van der Waals surface area contributed by atoms with Crippen LogP contribution < -0.4 is 0 Å². The molecule has 0 aromatic heterocycles. The molecule has 0 aliphatic heterocycles. The Morgan fingerprint density at radius 1 is 1.36 bits per heavy atom. The van der Waals surface area contributed by atoms with Crippen molar-refractivity contribution in [2.24, 2.45) is 11.3 Å². The van der Waals surface area contributed by atoms with Crippen molar-refractivity contribution in [3.05, 3.63) is 23.8 Å². The number of carbonyl (C=O) groups is 2. The molecule has 1 aliphatic rings. The molecule has 0 saturated heterocycles. The van der Waals surface area contributed by atoms with E-state index in [1.807, 2.05) is 0 Å². The van der Waals surface area contributed by atoms with Crippen LogP contribution in [0, 0.1) is 11.3 Å². The van der Waals surface area contributed by atoms with E-state index >= 15 is 0 Å². The molecule has 0 heterocycles. The minimum Gasteiger partial charge on any atom is -0.481 e. The van der Waals surface area contributed by atoms with Crippen molar-refractivity contribution in [2.75, 3.05) is 0 Å². The zero-order chi connectivity index (χ0) is 10.9. The van der Waals surface area contributed by atoms with Gasteiger partial charge in [0.1, 0.15) is 0 Å². The van der Waals surface area contributed by atoms with E-state index in [0.717, 1.165) is 0 Å². The van der Waals surface area contributed by atoms with Crippen LogP contribution in [-0.4, -0.2) is 22.2 Å². The largest absolute Gasteiger partial charge is 0.481 e. The predicted molar refractivity (Wildman–Crippen MR) is 49.8 cm³/mol. The van der Waals surface area contributed by atoms with Gasteiger partial charge in [-0.25, -0.2) is 4.79 Å². The Labute approximate surface area is 81.6 Å². The number of allylic oxidation sites excluding steroid dienone is 1. The average molecular weight is 196 g/mol. The molecule has 2 N–H and O–H groups in total. The normalized spacial score (nSPS) is 24.1. The van der Waals surface area contributed by atoms with E-state index < -0.39 is 23.3 Å². The van der Waals surface area contributed by atoms with Crippen LogP contribution >= 0.6 is 0 Å². The molecule has 76 valence electrons. The van der Waals surface area contributed by atoms with Crippen molar-refractivity contribution in [1.29, 1.82) is 0 Å². The fourth-order valence-electron chi connectivity index (χ4n) is 1.52. The Bertz CT molecular complexity index is 336. The highest BCUT2D eigenvalue weighted by Crippen LogP contribution is 2.34. The Morgan fingerprint density at radius 2 is 1.93 bits per heavy atom. The number of hydrogen-bond acceptors (Lipinski definition) is 2. The van der Waals surface area contributed by atoms with Crippen molar-refractivity contribution in [2.45, 2.75) is 13.8 Å². The molecule has 0 spiro atoms. The van der Waals surface area contributed by atoms with Gasteiger partial charge < -0.3 is 10.2 Å². The highest BCUT2D eigenvalue weighted by Gasteiger charge is 2.34. The summed E-state index contributed by atoms with van der Waals surface area (Å²) < 4.78 is 0. The summed E-state index contributed by atoms with van der Waals surface area (Å²) in [6.45, 7) is 3.41. The lowest BCUT2D eigenvalue weighted by Gasteiger charge is -2.29. The predicted octanol–water partition coefficient (Wildman–Crippen LogP) is 1.29. The summed E-state index contributed by atoms with van der Waals surface area (Å²) in [6, 6.07) is 0. The first-order valence-electron chi connectivity index (χ1n) is 4.22. The molecule has 1 unspecified atom stereocenters. The summed E-state index contributed by atoms with van der Waals surface area (Å²) in [7, 11) is 0. The summed E-state index contributed by atoms with van der Waals surface area (Å²) in [4.78, 5) is 21.5. The van der Waals surface area contributed by atoms with Crippen LogP contribution in [0.2, 0.25) is 0 Å². The third-order valence-corrected chi connectivity index (χ3v) is 2.31. The summed E-state index contributed by atoms with van der Waals surface area (Å²) in [5, 5.41) is 17.6. The second kappa shape index (κ2) is 3.29. The van der Waals surface area contributed by atoms with Crippen LogP contribution in [0.15, 0.2) is 23.8 Å². The second-order valence-corrected chi connectivity index (χ2v) is 3.90. The van der Waals surface area contributed by atoms with E-state index in [1.165, 1.54) is 18.2 Å². The quantitative estimate of drug-likeness (QED) is 0.697.